The Morgan fingerprint density at radius 1 is 0.180 bits per heavy atom. The fraction of sp³-hybridized carbons (Fsp3) is 0. The largest absolute Gasteiger partial charge is 0.311 e. The maximum absolute atomic E-state index is 2.36. The van der Waals surface area contributed by atoms with Crippen molar-refractivity contribution in [3.8, 4) is 77.9 Å². The van der Waals surface area contributed by atoms with Gasteiger partial charge >= 0.3 is 0 Å². The number of hydrogen-bond acceptors (Lipinski definition) is 1. The van der Waals surface area contributed by atoms with Crippen molar-refractivity contribution in [1.82, 2.24) is 0 Å². The van der Waals surface area contributed by atoms with E-state index >= 15 is 0 Å². The second kappa shape index (κ2) is 17.1. The average molecular weight is 778 g/mol. The minimum Gasteiger partial charge on any atom is -0.311 e. The molecule has 0 aliphatic rings. The van der Waals surface area contributed by atoms with Crippen LogP contribution in [0, 0.1) is 0 Å². The van der Waals surface area contributed by atoms with Gasteiger partial charge in [-0.1, -0.05) is 212 Å². The SMILES string of the molecule is c1ccc(-c2ccc(N(c3ccc(-c4ccccc4-c4ccccc4)cc3)c3ccc(-c4c(-c5ccccc5)cc(-c5ccccc5)cc4-c4ccccc4)cc3)cc2)cc1. The maximum atomic E-state index is 2.36. The molecule has 0 aliphatic carbocycles. The van der Waals surface area contributed by atoms with Crippen LogP contribution in [0.5, 0.6) is 0 Å². The highest BCUT2D eigenvalue weighted by Gasteiger charge is 2.19. The van der Waals surface area contributed by atoms with Crippen molar-refractivity contribution in [2.45, 2.75) is 0 Å². The van der Waals surface area contributed by atoms with Crippen molar-refractivity contribution >= 4 is 17.1 Å². The van der Waals surface area contributed by atoms with Crippen LogP contribution in [0.2, 0.25) is 0 Å². The van der Waals surface area contributed by atoms with Crippen LogP contribution in [0.4, 0.5) is 17.1 Å². The summed E-state index contributed by atoms with van der Waals surface area (Å²) in [5, 5.41) is 0. The molecular weight excluding hydrogens is 735 g/mol. The summed E-state index contributed by atoms with van der Waals surface area (Å²) >= 11 is 0. The Morgan fingerprint density at radius 3 is 0.836 bits per heavy atom. The normalized spacial score (nSPS) is 11.0. The van der Waals surface area contributed by atoms with Crippen LogP contribution in [0.1, 0.15) is 0 Å². The fourth-order valence-electron chi connectivity index (χ4n) is 8.49. The smallest absolute Gasteiger partial charge is 0.0462 e. The lowest BCUT2D eigenvalue weighted by atomic mass is 9.84. The highest BCUT2D eigenvalue weighted by atomic mass is 15.1. The Morgan fingerprint density at radius 2 is 0.443 bits per heavy atom. The van der Waals surface area contributed by atoms with Gasteiger partial charge in [0.05, 0.1) is 0 Å². The van der Waals surface area contributed by atoms with E-state index in [0.717, 1.165) is 22.6 Å². The van der Waals surface area contributed by atoms with Crippen molar-refractivity contribution in [2.75, 3.05) is 4.90 Å². The quantitative estimate of drug-likeness (QED) is 0.134. The van der Waals surface area contributed by atoms with Crippen LogP contribution < -0.4 is 4.90 Å². The molecule has 0 amide bonds. The molecular formula is C60H43N. The molecule has 10 rings (SSSR count). The molecule has 61 heavy (non-hydrogen) atoms. The first-order valence-corrected chi connectivity index (χ1v) is 20.9. The number of rotatable bonds is 10. The predicted octanol–water partition coefficient (Wildman–Crippen LogP) is 16.8. The van der Waals surface area contributed by atoms with E-state index in [2.05, 4.69) is 266 Å². The van der Waals surface area contributed by atoms with Gasteiger partial charge < -0.3 is 4.90 Å². The molecule has 0 heterocycles. The minimum absolute atomic E-state index is 1.08. The van der Waals surface area contributed by atoms with Gasteiger partial charge in [0.15, 0.2) is 0 Å². The van der Waals surface area contributed by atoms with Crippen LogP contribution in [-0.4, -0.2) is 0 Å². The van der Waals surface area contributed by atoms with E-state index in [1.165, 1.54) is 72.3 Å². The van der Waals surface area contributed by atoms with Gasteiger partial charge in [0.25, 0.3) is 0 Å². The van der Waals surface area contributed by atoms with Crippen molar-refractivity contribution in [3.05, 3.63) is 261 Å². The highest BCUT2D eigenvalue weighted by molar-refractivity contribution is 5.98. The predicted molar refractivity (Wildman–Crippen MR) is 259 cm³/mol. The standard InChI is InChI=1S/C60H43N/c1-6-18-44(19-7-1)46-30-36-53(37-31-46)61(54-38-32-50(33-39-54)57-29-17-16-28-56(57)47-22-10-3-11-23-47)55-40-34-51(35-41-55)60-58(48-24-12-4-13-25-48)42-52(45-20-8-2-9-21-45)43-59(60)49-26-14-5-15-27-49/h1-43H. The first kappa shape index (κ1) is 37.3. The zero-order valence-corrected chi connectivity index (χ0v) is 33.8. The molecule has 1 nitrogen and oxygen atoms in total. The van der Waals surface area contributed by atoms with Crippen LogP contribution in [-0.2, 0) is 0 Å². The van der Waals surface area contributed by atoms with E-state index in [0.29, 0.717) is 0 Å². The Balaban J connectivity index is 1.10. The zero-order chi connectivity index (χ0) is 40.8. The Bertz CT molecular complexity index is 2940. The summed E-state index contributed by atoms with van der Waals surface area (Å²) in [4.78, 5) is 2.36. The Labute approximate surface area is 359 Å². The average Bonchev–Trinajstić information content (AvgIpc) is 3.36. The lowest BCUT2D eigenvalue weighted by Crippen LogP contribution is -2.09. The first-order chi connectivity index (χ1) is 30.3. The van der Waals surface area contributed by atoms with Crippen LogP contribution in [0.15, 0.2) is 261 Å². The fourth-order valence-corrected chi connectivity index (χ4v) is 8.49. The van der Waals surface area contributed by atoms with Crippen molar-refractivity contribution in [3.63, 3.8) is 0 Å². The maximum Gasteiger partial charge on any atom is 0.0462 e. The summed E-state index contributed by atoms with van der Waals surface area (Å²) in [7, 11) is 0. The van der Waals surface area contributed by atoms with E-state index < -0.39 is 0 Å². The molecule has 0 aromatic heterocycles. The van der Waals surface area contributed by atoms with Crippen LogP contribution in [0.3, 0.4) is 0 Å². The lowest BCUT2D eigenvalue weighted by molar-refractivity contribution is 1.28. The molecule has 0 atom stereocenters. The molecule has 0 fully saturated rings. The number of anilines is 3. The molecule has 0 radical (unpaired) electrons. The first-order valence-electron chi connectivity index (χ1n) is 20.9. The number of benzene rings is 10. The topological polar surface area (TPSA) is 3.24 Å². The molecule has 0 saturated carbocycles. The second-order valence-electron chi connectivity index (χ2n) is 15.3. The Kier molecular flexibility index (Phi) is 10.4. The lowest BCUT2D eigenvalue weighted by Gasteiger charge is -2.27. The van der Waals surface area contributed by atoms with E-state index in [4.69, 9.17) is 0 Å². The summed E-state index contributed by atoms with van der Waals surface area (Å²) in [5.74, 6) is 0. The van der Waals surface area contributed by atoms with Crippen molar-refractivity contribution < 1.29 is 0 Å². The summed E-state index contributed by atoms with van der Waals surface area (Å²) < 4.78 is 0. The third-order valence-corrected chi connectivity index (χ3v) is 11.5. The van der Waals surface area contributed by atoms with E-state index in [-0.39, 0.29) is 0 Å². The summed E-state index contributed by atoms with van der Waals surface area (Å²) in [6.45, 7) is 0. The third-order valence-electron chi connectivity index (χ3n) is 11.5. The van der Waals surface area contributed by atoms with Crippen LogP contribution >= 0.6 is 0 Å². The van der Waals surface area contributed by atoms with E-state index in [1.807, 2.05) is 0 Å². The molecule has 0 unspecified atom stereocenters. The molecule has 10 aromatic carbocycles. The molecule has 0 bridgehead atoms. The molecule has 288 valence electrons. The monoisotopic (exact) mass is 777 g/mol. The summed E-state index contributed by atoms with van der Waals surface area (Å²) in [5.41, 5.74) is 20.0. The van der Waals surface area contributed by atoms with E-state index in [9.17, 15) is 0 Å². The van der Waals surface area contributed by atoms with Gasteiger partial charge in [0.2, 0.25) is 0 Å². The van der Waals surface area contributed by atoms with E-state index in [1.54, 1.807) is 0 Å². The summed E-state index contributed by atoms with van der Waals surface area (Å²) in [6.07, 6.45) is 0. The van der Waals surface area contributed by atoms with Gasteiger partial charge in [-0.25, -0.2) is 0 Å². The van der Waals surface area contributed by atoms with Crippen molar-refractivity contribution in [1.29, 1.82) is 0 Å². The third kappa shape index (κ3) is 7.81. The Hall–Kier alpha value is -8.00. The van der Waals surface area contributed by atoms with Crippen molar-refractivity contribution in [2.24, 2.45) is 0 Å². The van der Waals surface area contributed by atoms with Gasteiger partial charge in [-0.3, -0.25) is 0 Å². The zero-order valence-electron chi connectivity index (χ0n) is 33.8. The molecule has 0 N–H and O–H groups in total. The molecule has 0 saturated heterocycles. The second-order valence-corrected chi connectivity index (χ2v) is 15.3. The summed E-state index contributed by atoms with van der Waals surface area (Å²) in [6, 6.07) is 94.0. The number of hydrogen-bond donors (Lipinski definition) is 0. The highest BCUT2D eigenvalue weighted by Crippen LogP contribution is 2.45. The number of nitrogens with zero attached hydrogens (tertiary/aromatic N) is 1. The molecule has 1 heteroatoms. The molecule has 10 aromatic rings. The van der Waals surface area contributed by atoms with Crippen LogP contribution in [0.25, 0.3) is 77.9 Å². The van der Waals surface area contributed by atoms with Gasteiger partial charge in [-0.15, -0.1) is 0 Å². The van der Waals surface area contributed by atoms with Gasteiger partial charge in [-0.2, -0.15) is 0 Å². The minimum atomic E-state index is 1.08. The molecule has 0 aliphatic heterocycles. The van der Waals surface area contributed by atoms with Gasteiger partial charge in [0, 0.05) is 17.1 Å². The van der Waals surface area contributed by atoms with Gasteiger partial charge in [0.1, 0.15) is 0 Å². The van der Waals surface area contributed by atoms with Gasteiger partial charge in [-0.05, 0) is 126 Å². The molecule has 0 spiro atoms.